The quantitative estimate of drug-likeness (QED) is 0.175. The molecule has 0 radical (unpaired) electrons. The number of fused-ring (bicyclic) bond motifs is 4. The van der Waals surface area contributed by atoms with Gasteiger partial charge >= 0.3 is 18.2 Å². The summed E-state index contributed by atoms with van der Waals surface area (Å²) in [6, 6.07) is 9.54. The minimum absolute atomic E-state index is 0.0168. The van der Waals surface area contributed by atoms with E-state index in [4.69, 9.17) is 30.9 Å². The van der Waals surface area contributed by atoms with E-state index in [2.05, 4.69) is 50.4 Å². The van der Waals surface area contributed by atoms with E-state index in [-0.39, 0.29) is 71.9 Å². The molecule has 0 bridgehead atoms. The summed E-state index contributed by atoms with van der Waals surface area (Å²) >= 11 is 0. The maximum Gasteiger partial charge on any atom is 0.409 e. The molecule has 28 nitrogen and oxygen atoms in total. The van der Waals surface area contributed by atoms with Gasteiger partial charge in [0.1, 0.15) is 30.8 Å². The van der Waals surface area contributed by atoms with Crippen molar-refractivity contribution in [2.24, 2.45) is 47.3 Å². The van der Waals surface area contributed by atoms with Gasteiger partial charge in [0, 0.05) is 130 Å². The van der Waals surface area contributed by atoms with Gasteiger partial charge in [0.15, 0.2) is 0 Å². The molecule has 16 atom stereocenters. The summed E-state index contributed by atoms with van der Waals surface area (Å²) in [6.45, 7) is 11.8. The summed E-state index contributed by atoms with van der Waals surface area (Å²) in [7, 11) is 5.00. The highest BCUT2D eigenvalue weighted by molar-refractivity contribution is 5.81. The number of likely N-dealkylation sites (tertiary alicyclic amines) is 9. The number of nitrogens with zero attached hydrogens (tertiary/aromatic N) is 14. The van der Waals surface area contributed by atoms with E-state index in [9.17, 15) is 38.4 Å². The van der Waals surface area contributed by atoms with Gasteiger partial charge < -0.3 is 80.1 Å². The lowest BCUT2D eigenvalue weighted by Gasteiger charge is -2.31. The Hall–Kier alpha value is -7.08. The number of carbonyl (C=O) groups is 8. The third kappa shape index (κ3) is 18.1. The van der Waals surface area contributed by atoms with Crippen LogP contribution in [0, 0.1) is 92.7 Å². The molecule has 10 amide bonds. The van der Waals surface area contributed by atoms with Crippen molar-refractivity contribution in [3.05, 3.63) is 0 Å². The Labute approximate surface area is 572 Å². The lowest BCUT2D eigenvalue weighted by atomic mass is 10.0. The van der Waals surface area contributed by atoms with Crippen LogP contribution in [0.1, 0.15) is 122 Å². The van der Waals surface area contributed by atoms with Gasteiger partial charge in [-0.05, 0) is 169 Å². The first-order chi connectivity index (χ1) is 46.9. The standard InChI is InChI=1S/C20H31N5O2.C17H27N5O2.2C16H24N4O3/c21-11-18-5-4-8-25(18)19(26)12-22-17-9-15-13-24(14-16(15)10-17)20(27)23-6-2-1-3-7-23;1-20(2)17(24)21-10-12-6-14(7-13(12)11-21)19-9-16(23)22-5-3-4-15(22)8-18;1-23-16(22)19-9-11-5-13(6-12(11)10-19)18-8-15(21)20-4-2-3-14(20)7-17;17-6-14-2-1-3-20(14)15(22)7-18-13-4-11-8-19(16(23)10-21)9-12(11)5-13/h15-18,22H,1-10,12-14H2;12-15,19H,3-7,9-11H2,1-2H3;11-14,18H,2-6,8-10H2,1H3;11-14,18,21H,1-5,7-10H2/t15-,16+,17?,18-;12-,13+,14?,15-;2*11-,12+,13?,14-/m0000/s1. The molecule has 0 spiro atoms. The number of hydrogen-bond donors (Lipinski definition) is 5. The molecule has 13 rings (SSSR count). The number of amides is 10. The average molecular weight is 1350 g/mol. The van der Waals surface area contributed by atoms with Crippen LogP contribution in [0.5, 0.6) is 0 Å². The van der Waals surface area contributed by atoms with Crippen LogP contribution in [-0.4, -0.2) is 296 Å². The number of aliphatic hydroxyl groups excluding tert-OH is 1. The smallest absolute Gasteiger partial charge is 0.409 e. The van der Waals surface area contributed by atoms with E-state index in [1.807, 2.05) is 9.80 Å². The molecular weight excluding hydrogens is 1240 g/mol. The fourth-order valence-electron chi connectivity index (χ4n) is 18.5. The molecule has 0 aromatic carbocycles. The molecule has 4 saturated carbocycles. The molecule has 9 saturated heterocycles. The highest BCUT2D eigenvalue weighted by Crippen LogP contribution is 2.42. The molecule has 9 heterocycles. The Morgan fingerprint density at radius 2 is 0.680 bits per heavy atom. The predicted octanol–water partition coefficient (Wildman–Crippen LogP) is 1.78. The number of piperidine rings is 1. The normalized spacial score (nSPS) is 32.7. The van der Waals surface area contributed by atoms with E-state index >= 15 is 0 Å². The Balaban J connectivity index is 0.000000141. The third-order valence-corrected chi connectivity index (χ3v) is 23.5. The third-order valence-electron chi connectivity index (χ3n) is 23.5. The van der Waals surface area contributed by atoms with Crippen LogP contribution in [0.4, 0.5) is 14.4 Å². The molecule has 97 heavy (non-hydrogen) atoms. The fraction of sp³-hybridized carbons (Fsp3) is 0.826. The molecule has 4 unspecified atom stereocenters. The van der Waals surface area contributed by atoms with Crippen LogP contribution in [0.15, 0.2) is 0 Å². The maximum absolute atomic E-state index is 12.7. The van der Waals surface area contributed by atoms with Gasteiger partial charge in [0.05, 0.1) is 57.6 Å². The van der Waals surface area contributed by atoms with Gasteiger partial charge in [-0.25, -0.2) is 14.4 Å². The van der Waals surface area contributed by atoms with Gasteiger partial charge in [-0.3, -0.25) is 24.0 Å². The largest absolute Gasteiger partial charge is 0.453 e. The minimum atomic E-state index is -0.411. The summed E-state index contributed by atoms with van der Waals surface area (Å²) in [5.74, 6) is 4.10. The van der Waals surface area contributed by atoms with Crippen molar-refractivity contribution in [2.45, 2.75) is 170 Å². The second-order valence-corrected chi connectivity index (χ2v) is 29.9. The molecule has 0 aromatic heterocycles. The number of methoxy groups -OCH3 is 1. The van der Waals surface area contributed by atoms with Crippen LogP contribution < -0.4 is 21.3 Å². The highest BCUT2D eigenvalue weighted by Gasteiger charge is 2.47. The topological polar surface area (TPSA) is 342 Å². The predicted molar refractivity (Wildman–Crippen MR) is 354 cm³/mol. The van der Waals surface area contributed by atoms with Crippen molar-refractivity contribution in [3.63, 3.8) is 0 Å². The second kappa shape index (κ2) is 34.1. The summed E-state index contributed by atoms with van der Waals surface area (Å²) in [6.07, 6.45) is 18.2. The van der Waals surface area contributed by atoms with Crippen molar-refractivity contribution in [3.8, 4) is 24.3 Å². The number of carbonyl (C=O) groups excluding carboxylic acids is 8. The molecule has 28 heteroatoms. The first-order valence-electron chi connectivity index (χ1n) is 36.3. The molecule has 0 aromatic rings. The van der Waals surface area contributed by atoms with Crippen LogP contribution in [-0.2, 0) is 28.7 Å². The number of nitriles is 4. The molecule has 13 aliphatic rings. The lowest BCUT2D eigenvalue weighted by molar-refractivity contribution is -0.133. The second-order valence-electron chi connectivity index (χ2n) is 29.9. The Morgan fingerprint density at radius 1 is 0.392 bits per heavy atom. The van der Waals surface area contributed by atoms with Crippen LogP contribution in [0.3, 0.4) is 0 Å². The summed E-state index contributed by atoms with van der Waals surface area (Å²) in [4.78, 5) is 115. The monoisotopic (exact) mass is 1350 g/mol. The van der Waals surface area contributed by atoms with E-state index < -0.39 is 6.61 Å². The van der Waals surface area contributed by atoms with Crippen LogP contribution in [0.25, 0.3) is 0 Å². The number of aliphatic hydroxyl groups is 1. The number of urea groups is 2. The summed E-state index contributed by atoms with van der Waals surface area (Å²) < 4.78 is 4.78. The zero-order valence-corrected chi connectivity index (χ0v) is 57.5. The Bertz CT molecular complexity index is 2820. The van der Waals surface area contributed by atoms with Crippen molar-refractivity contribution < 1.29 is 48.2 Å². The van der Waals surface area contributed by atoms with Gasteiger partial charge in [-0.15, -0.1) is 0 Å². The van der Waals surface area contributed by atoms with Crippen molar-refractivity contribution >= 4 is 47.7 Å². The zero-order valence-electron chi connectivity index (χ0n) is 57.5. The number of ether oxygens (including phenoxy) is 1. The SMILES string of the molecule is CN(C)C(=O)N1C[C@H]2CC(NCC(=O)N3CCC[C@H]3C#N)C[C@H]2C1.COC(=O)N1C[C@H]2CC(NCC(=O)N3CCC[C@H]3C#N)C[C@H]2C1.N#C[C@@H]1CCCN1C(=O)CNC1C[C@@H]2CN(C(=O)CO)C[C@@H]2C1.N#C[C@@H]1CCCN1C(=O)CNC1C[C@@H]2CN(C(=O)N3CCCCC3)C[C@@H]2C1. The molecule has 532 valence electrons. The summed E-state index contributed by atoms with van der Waals surface area (Å²) in [5.41, 5.74) is 0. The Morgan fingerprint density at radius 3 is 0.959 bits per heavy atom. The number of nitrogens with one attached hydrogen (secondary N) is 4. The molecule has 13 fully saturated rings. The number of hydrogen-bond acceptors (Lipinski definition) is 18. The highest BCUT2D eigenvalue weighted by atomic mass is 16.5. The zero-order chi connectivity index (χ0) is 68.9. The minimum Gasteiger partial charge on any atom is -0.453 e. The summed E-state index contributed by atoms with van der Waals surface area (Å²) in [5, 5.41) is 58.8. The molecule has 9 aliphatic heterocycles. The maximum atomic E-state index is 12.7. The van der Waals surface area contributed by atoms with E-state index in [1.165, 1.54) is 13.5 Å². The fourth-order valence-corrected chi connectivity index (χ4v) is 18.5. The first-order valence-corrected chi connectivity index (χ1v) is 36.3. The lowest BCUT2D eigenvalue weighted by Crippen LogP contribution is -2.45. The van der Waals surface area contributed by atoms with Crippen molar-refractivity contribution in [2.75, 3.05) is 146 Å². The molecule has 4 aliphatic carbocycles. The van der Waals surface area contributed by atoms with Gasteiger partial charge in [-0.1, -0.05) is 0 Å². The van der Waals surface area contributed by atoms with Gasteiger partial charge in [0.2, 0.25) is 29.5 Å². The van der Waals surface area contributed by atoms with Crippen LogP contribution >= 0.6 is 0 Å². The molecular formula is C69H106N18O10. The van der Waals surface area contributed by atoms with E-state index in [0.29, 0.717) is 124 Å². The molecule has 5 N–H and O–H groups in total. The van der Waals surface area contributed by atoms with Crippen molar-refractivity contribution in [1.29, 1.82) is 21.0 Å². The van der Waals surface area contributed by atoms with Crippen LogP contribution in [0.2, 0.25) is 0 Å². The number of rotatable bonds is 13. The average Bonchev–Trinajstić information content (AvgIpc) is 1.68. The van der Waals surface area contributed by atoms with Crippen molar-refractivity contribution in [1.82, 2.24) is 70.3 Å². The van der Waals surface area contributed by atoms with E-state index in [0.717, 1.165) is 181 Å². The van der Waals surface area contributed by atoms with Gasteiger partial charge in [0.25, 0.3) is 0 Å². The van der Waals surface area contributed by atoms with Gasteiger partial charge in [-0.2, -0.15) is 21.0 Å². The first kappa shape index (κ1) is 72.7. The van der Waals surface area contributed by atoms with E-state index in [1.54, 1.807) is 48.4 Å². The Kier molecular flexibility index (Phi) is 25.6.